The van der Waals surface area contributed by atoms with Crippen LogP contribution < -0.4 is 4.74 Å². The number of aliphatic hydroxyl groups is 1. The maximum absolute atomic E-state index is 10.6. The van der Waals surface area contributed by atoms with Gasteiger partial charge in [-0.2, -0.15) is 0 Å². The van der Waals surface area contributed by atoms with E-state index in [1.165, 1.54) is 6.42 Å². The number of aliphatic hydroxyl groups excluding tert-OH is 1. The van der Waals surface area contributed by atoms with Crippen molar-refractivity contribution < 1.29 is 14.6 Å². The first-order valence-corrected chi connectivity index (χ1v) is 9.58. The number of para-hydroxylation sites is 1. The van der Waals surface area contributed by atoms with Crippen molar-refractivity contribution in [3.63, 3.8) is 0 Å². The van der Waals surface area contributed by atoms with Crippen molar-refractivity contribution in [2.24, 2.45) is 0 Å². The van der Waals surface area contributed by atoms with Crippen molar-refractivity contribution in [2.45, 2.75) is 51.0 Å². The van der Waals surface area contributed by atoms with Crippen molar-refractivity contribution >= 4 is 0 Å². The zero-order chi connectivity index (χ0) is 17.6. The minimum atomic E-state index is -0.324. The lowest BCUT2D eigenvalue weighted by molar-refractivity contribution is -0.0783. The van der Waals surface area contributed by atoms with Crippen LogP contribution in [0.3, 0.4) is 0 Å². The summed E-state index contributed by atoms with van der Waals surface area (Å²) in [4.78, 5) is 4.72. The monoisotopic (exact) mass is 348 g/mol. The summed E-state index contributed by atoms with van der Waals surface area (Å²) in [6.45, 7) is 9.21. The summed E-state index contributed by atoms with van der Waals surface area (Å²) in [6.07, 6.45) is 2.49. The summed E-state index contributed by atoms with van der Waals surface area (Å²) in [7, 11) is 0. The van der Waals surface area contributed by atoms with Crippen molar-refractivity contribution in [1.29, 1.82) is 0 Å². The van der Waals surface area contributed by atoms with E-state index in [1.54, 1.807) is 0 Å². The predicted molar refractivity (Wildman–Crippen MR) is 99.0 cm³/mol. The molecule has 0 spiro atoms. The molecule has 0 radical (unpaired) electrons. The van der Waals surface area contributed by atoms with E-state index in [4.69, 9.17) is 9.47 Å². The molecule has 1 aromatic carbocycles. The van der Waals surface area contributed by atoms with E-state index in [2.05, 4.69) is 23.6 Å². The Labute approximate surface area is 151 Å². The Kier molecular flexibility index (Phi) is 6.70. The summed E-state index contributed by atoms with van der Waals surface area (Å²) in [5.41, 5.74) is 0. The van der Waals surface area contributed by atoms with E-state index >= 15 is 0 Å². The average molecular weight is 348 g/mol. The third-order valence-corrected chi connectivity index (χ3v) is 5.09. The zero-order valence-electron chi connectivity index (χ0n) is 15.5. The molecule has 4 unspecified atom stereocenters. The third-order valence-electron chi connectivity index (χ3n) is 5.09. The van der Waals surface area contributed by atoms with E-state index in [-0.39, 0.29) is 18.3 Å². The van der Waals surface area contributed by atoms with Crippen LogP contribution in [0.5, 0.6) is 5.75 Å². The first kappa shape index (κ1) is 18.6. The molecule has 2 fully saturated rings. The standard InChI is InChI=1S/C20H32N2O3/c1-16-11-21(12-17(2)25-16)13-19(23)14-22-10-6-7-18(22)15-24-20-8-4-3-5-9-20/h3-5,8-9,16-19,23H,6-7,10-15H2,1-2H3. The second-order valence-electron chi connectivity index (χ2n) is 7.54. The normalized spacial score (nSPS) is 29.6. The van der Waals surface area contributed by atoms with Crippen LogP contribution >= 0.6 is 0 Å². The Morgan fingerprint density at radius 1 is 1.16 bits per heavy atom. The van der Waals surface area contributed by atoms with Crippen molar-refractivity contribution in [3.8, 4) is 5.75 Å². The molecule has 5 heteroatoms. The number of benzene rings is 1. The van der Waals surface area contributed by atoms with Crippen LogP contribution in [-0.2, 0) is 4.74 Å². The quantitative estimate of drug-likeness (QED) is 0.817. The first-order chi connectivity index (χ1) is 12.1. The summed E-state index contributed by atoms with van der Waals surface area (Å²) in [5, 5.41) is 10.6. The van der Waals surface area contributed by atoms with Gasteiger partial charge in [0.2, 0.25) is 0 Å². The molecule has 1 aromatic rings. The molecule has 140 valence electrons. The number of morpholine rings is 1. The van der Waals surface area contributed by atoms with Gasteiger partial charge in [0.05, 0.1) is 18.3 Å². The molecule has 0 amide bonds. The molecule has 4 atom stereocenters. The summed E-state index contributed by atoms with van der Waals surface area (Å²) < 4.78 is 11.7. The summed E-state index contributed by atoms with van der Waals surface area (Å²) in [5.74, 6) is 0.922. The molecule has 1 N–H and O–H groups in total. The van der Waals surface area contributed by atoms with Crippen LogP contribution in [0.2, 0.25) is 0 Å². The molecule has 0 bridgehead atoms. The predicted octanol–water partition coefficient (Wildman–Crippen LogP) is 2.00. The van der Waals surface area contributed by atoms with E-state index in [0.717, 1.165) is 44.9 Å². The average Bonchev–Trinajstić information content (AvgIpc) is 3.00. The number of hydrogen-bond acceptors (Lipinski definition) is 5. The lowest BCUT2D eigenvalue weighted by atomic mass is 10.2. The molecule has 2 aliphatic heterocycles. The van der Waals surface area contributed by atoms with Gasteiger partial charge in [0.25, 0.3) is 0 Å². The SMILES string of the molecule is CC1CN(CC(O)CN2CCCC2COc2ccccc2)CC(C)O1. The molecule has 2 saturated heterocycles. The second-order valence-corrected chi connectivity index (χ2v) is 7.54. The molecule has 5 nitrogen and oxygen atoms in total. The molecule has 0 aliphatic carbocycles. The van der Waals surface area contributed by atoms with Crippen molar-refractivity contribution in [3.05, 3.63) is 30.3 Å². The number of ether oxygens (including phenoxy) is 2. The Hall–Kier alpha value is -1.14. The van der Waals surface area contributed by atoms with Gasteiger partial charge in [-0.15, -0.1) is 0 Å². The molecular weight excluding hydrogens is 316 g/mol. The molecular formula is C20H32N2O3. The fourth-order valence-corrected chi connectivity index (χ4v) is 4.09. The van der Waals surface area contributed by atoms with Gasteiger partial charge in [0.1, 0.15) is 12.4 Å². The number of rotatable bonds is 7. The van der Waals surface area contributed by atoms with Gasteiger partial charge in [-0.3, -0.25) is 9.80 Å². The number of β-amino-alcohol motifs (C(OH)–C–C–N with tert-alkyl or cyclic N) is 1. The zero-order valence-corrected chi connectivity index (χ0v) is 15.5. The highest BCUT2D eigenvalue weighted by atomic mass is 16.5. The van der Waals surface area contributed by atoms with E-state index < -0.39 is 0 Å². The van der Waals surface area contributed by atoms with Gasteiger partial charge in [0.15, 0.2) is 0 Å². The van der Waals surface area contributed by atoms with Crippen molar-refractivity contribution in [2.75, 3.05) is 39.3 Å². The minimum absolute atomic E-state index is 0.245. The van der Waals surface area contributed by atoms with Gasteiger partial charge in [-0.1, -0.05) is 18.2 Å². The highest BCUT2D eigenvalue weighted by Gasteiger charge is 2.29. The van der Waals surface area contributed by atoms with Crippen LogP contribution in [0.15, 0.2) is 30.3 Å². The second kappa shape index (κ2) is 8.99. The lowest BCUT2D eigenvalue weighted by Gasteiger charge is -2.37. The van der Waals surface area contributed by atoms with Crippen molar-refractivity contribution in [1.82, 2.24) is 9.80 Å². The van der Waals surface area contributed by atoms with Gasteiger partial charge in [0, 0.05) is 32.2 Å². The van der Waals surface area contributed by atoms with Crippen LogP contribution in [0.1, 0.15) is 26.7 Å². The van der Waals surface area contributed by atoms with Crippen LogP contribution in [0.4, 0.5) is 0 Å². The Morgan fingerprint density at radius 2 is 1.88 bits per heavy atom. The largest absolute Gasteiger partial charge is 0.492 e. The van der Waals surface area contributed by atoms with E-state index in [9.17, 15) is 5.11 Å². The Bertz CT molecular complexity index is 503. The topological polar surface area (TPSA) is 45.2 Å². The first-order valence-electron chi connectivity index (χ1n) is 9.58. The van der Waals surface area contributed by atoms with E-state index in [0.29, 0.717) is 12.6 Å². The Balaban J connectivity index is 1.44. The smallest absolute Gasteiger partial charge is 0.119 e. The number of likely N-dealkylation sites (tertiary alicyclic amines) is 1. The minimum Gasteiger partial charge on any atom is -0.492 e. The molecule has 2 aliphatic rings. The maximum atomic E-state index is 10.6. The van der Waals surface area contributed by atoms with Gasteiger partial charge in [-0.25, -0.2) is 0 Å². The molecule has 0 aromatic heterocycles. The molecule has 0 saturated carbocycles. The summed E-state index contributed by atoms with van der Waals surface area (Å²) in [6, 6.07) is 10.4. The highest BCUT2D eigenvalue weighted by molar-refractivity contribution is 5.21. The highest BCUT2D eigenvalue weighted by Crippen LogP contribution is 2.20. The van der Waals surface area contributed by atoms with E-state index in [1.807, 2.05) is 30.3 Å². The number of nitrogens with zero attached hydrogens (tertiary/aromatic N) is 2. The third kappa shape index (κ3) is 5.68. The van der Waals surface area contributed by atoms with Gasteiger partial charge < -0.3 is 14.6 Å². The maximum Gasteiger partial charge on any atom is 0.119 e. The van der Waals surface area contributed by atoms with Crippen LogP contribution in [0, 0.1) is 0 Å². The van der Waals surface area contributed by atoms with Crippen LogP contribution in [0.25, 0.3) is 0 Å². The summed E-state index contributed by atoms with van der Waals surface area (Å²) >= 11 is 0. The fraction of sp³-hybridized carbons (Fsp3) is 0.700. The molecule has 2 heterocycles. The molecule has 25 heavy (non-hydrogen) atoms. The van der Waals surface area contributed by atoms with Gasteiger partial charge in [-0.05, 0) is 45.4 Å². The van der Waals surface area contributed by atoms with Crippen LogP contribution in [-0.4, -0.2) is 78.6 Å². The number of hydrogen-bond donors (Lipinski definition) is 1. The van der Waals surface area contributed by atoms with Gasteiger partial charge >= 0.3 is 0 Å². The molecule has 3 rings (SSSR count). The Morgan fingerprint density at radius 3 is 2.60 bits per heavy atom. The lowest BCUT2D eigenvalue weighted by Crippen LogP contribution is -2.50. The fourth-order valence-electron chi connectivity index (χ4n) is 4.09.